The quantitative estimate of drug-likeness (QED) is 0.790. The molecule has 0 radical (unpaired) electrons. The number of carbonyl (C=O) groups excluding carboxylic acids is 2. The van der Waals surface area contributed by atoms with Crippen molar-refractivity contribution in [2.45, 2.75) is 26.3 Å². The zero-order valence-corrected chi connectivity index (χ0v) is 9.72. The molecule has 1 fully saturated rings. The molecule has 1 aliphatic rings. The second kappa shape index (κ2) is 4.57. The van der Waals surface area contributed by atoms with Crippen molar-refractivity contribution in [2.75, 3.05) is 0 Å². The summed E-state index contributed by atoms with van der Waals surface area (Å²) >= 11 is 0. The van der Waals surface area contributed by atoms with Crippen LogP contribution in [0.25, 0.3) is 0 Å². The van der Waals surface area contributed by atoms with Gasteiger partial charge in [0, 0.05) is 18.4 Å². The first-order chi connectivity index (χ1) is 8.08. The minimum absolute atomic E-state index is 0.117. The van der Waals surface area contributed by atoms with Crippen molar-refractivity contribution in [3.8, 4) is 5.75 Å². The van der Waals surface area contributed by atoms with Gasteiger partial charge < -0.3 is 5.11 Å². The van der Waals surface area contributed by atoms with E-state index in [1.807, 2.05) is 6.92 Å². The Bertz CT molecular complexity index is 438. The second-order valence-corrected chi connectivity index (χ2v) is 4.52. The van der Waals surface area contributed by atoms with Gasteiger partial charge in [-0.15, -0.1) is 0 Å². The zero-order valence-electron chi connectivity index (χ0n) is 9.72. The standard InChI is InChI=1S/C13H15NO3/c1-9-6-12(16)14(13(17)7-9)8-10-4-2-3-5-11(10)15/h2-5,9,15H,6-8H2,1H3. The number of amides is 2. The van der Waals surface area contributed by atoms with E-state index in [0.717, 1.165) is 0 Å². The summed E-state index contributed by atoms with van der Waals surface area (Å²) in [6.45, 7) is 2.06. The van der Waals surface area contributed by atoms with Gasteiger partial charge in [-0.3, -0.25) is 14.5 Å². The van der Waals surface area contributed by atoms with Gasteiger partial charge in [0.15, 0.2) is 0 Å². The molecule has 1 aromatic rings. The van der Waals surface area contributed by atoms with Gasteiger partial charge >= 0.3 is 0 Å². The summed E-state index contributed by atoms with van der Waals surface area (Å²) in [7, 11) is 0. The fraction of sp³-hybridized carbons (Fsp3) is 0.385. The molecule has 0 unspecified atom stereocenters. The molecule has 1 N–H and O–H groups in total. The highest BCUT2D eigenvalue weighted by Crippen LogP contribution is 2.23. The molecule has 1 saturated heterocycles. The number of rotatable bonds is 2. The van der Waals surface area contributed by atoms with E-state index in [2.05, 4.69) is 0 Å². The molecular weight excluding hydrogens is 218 g/mol. The highest BCUT2D eigenvalue weighted by atomic mass is 16.3. The lowest BCUT2D eigenvalue weighted by Crippen LogP contribution is -2.42. The van der Waals surface area contributed by atoms with Gasteiger partial charge in [0.05, 0.1) is 6.54 Å². The van der Waals surface area contributed by atoms with Crippen molar-refractivity contribution in [2.24, 2.45) is 5.92 Å². The van der Waals surface area contributed by atoms with Crippen LogP contribution in [0.15, 0.2) is 24.3 Å². The van der Waals surface area contributed by atoms with Crippen molar-refractivity contribution >= 4 is 11.8 Å². The number of piperidine rings is 1. The first-order valence-electron chi connectivity index (χ1n) is 5.68. The Morgan fingerprint density at radius 1 is 1.24 bits per heavy atom. The minimum Gasteiger partial charge on any atom is -0.508 e. The Morgan fingerprint density at radius 2 is 1.82 bits per heavy atom. The third-order valence-electron chi connectivity index (χ3n) is 2.97. The van der Waals surface area contributed by atoms with Crippen LogP contribution in [-0.2, 0) is 16.1 Å². The number of phenolic OH excluding ortho intramolecular Hbond substituents is 1. The molecule has 0 aliphatic carbocycles. The zero-order chi connectivity index (χ0) is 12.4. The fourth-order valence-corrected chi connectivity index (χ4v) is 2.02. The third kappa shape index (κ3) is 2.46. The average molecular weight is 233 g/mol. The summed E-state index contributed by atoms with van der Waals surface area (Å²) in [5.74, 6) is -0.0728. The highest BCUT2D eigenvalue weighted by molar-refractivity contribution is 5.97. The lowest BCUT2D eigenvalue weighted by atomic mass is 9.97. The second-order valence-electron chi connectivity index (χ2n) is 4.52. The van der Waals surface area contributed by atoms with Crippen molar-refractivity contribution in [1.29, 1.82) is 0 Å². The summed E-state index contributed by atoms with van der Waals surface area (Å²) in [5.41, 5.74) is 0.601. The maximum absolute atomic E-state index is 11.8. The van der Waals surface area contributed by atoms with Crippen LogP contribution in [0.1, 0.15) is 25.3 Å². The van der Waals surface area contributed by atoms with E-state index in [9.17, 15) is 14.7 Å². The molecule has 2 rings (SSSR count). The number of hydrogen-bond acceptors (Lipinski definition) is 3. The Hall–Kier alpha value is -1.84. The first-order valence-corrected chi connectivity index (χ1v) is 5.68. The monoisotopic (exact) mass is 233 g/mol. The Labute approximate surface area is 99.9 Å². The number of likely N-dealkylation sites (tertiary alicyclic amines) is 1. The normalized spacial score (nSPS) is 17.6. The van der Waals surface area contributed by atoms with E-state index in [4.69, 9.17) is 0 Å². The maximum atomic E-state index is 11.8. The minimum atomic E-state index is -0.156. The molecule has 4 heteroatoms. The number of aromatic hydroxyl groups is 1. The molecule has 1 heterocycles. The van der Waals surface area contributed by atoms with E-state index in [1.54, 1.807) is 24.3 Å². The Balaban J connectivity index is 2.16. The van der Waals surface area contributed by atoms with Gasteiger partial charge in [0.1, 0.15) is 5.75 Å². The van der Waals surface area contributed by atoms with E-state index in [0.29, 0.717) is 18.4 Å². The molecule has 0 bridgehead atoms. The fourth-order valence-electron chi connectivity index (χ4n) is 2.02. The SMILES string of the molecule is CC1CC(=O)N(Cc2ccccc2O)C(=O)C1. The molecule has 0 saturated carbocycles. The van der Waals surface area contributed by atoms with E-state index < -0.39 is 0 Å². The van der Waals surface area contributed by atoms with Gasteiger partial charge in [-0.05, 0) is 12.0 Å². The summed E-state index contributed by atoms with van der Waals surface area (Å²) in [6, 6.07) is 6.75. The summed E-state index contributed by atoms with van der Waals surface area (Å²) in [6.07, 6.45) is 0.804. The van der Waals surface area contributed by atoms with Gasteiger partial charge in [0.2, 0.25) is 11.8 Å². The third-order valence-corrected chi connectivity index (χ3v) is 2.97. The van der Waals surface area contributed by atoms with Crippen molar-refractivity contribution in [1.82, 2.24) is 4.90 Å². The number of hydrogen-bond donors (Lipinski definition) is 1. The number of imide groups is 1. The van der Waals surface area contributed by atoms with Gasteiger partial charge in [0.25, 0.3) is 0 Å². The van der Waals surface area contributed by atoms with Crippen LogP contribution in [-0.4, -0.2) is 21.8 Å². The lowest BCUT2D eigenvalue weighted by Gasteiger charge is -2.28. The van der Waals surface area contributed by atoms with E-state index in [-0.39, 0.29) is 30.0 Å². The lowest BCUT2D eigenvalue weighted by molar-refractivity contribution is -0.150. The van der Waals surface area contributed by atoms with Gasteiger partial charge in [-0.25, -0.2) is 0 Å². The molecule has 2 amide bonds. The predicted molar refractivity (Wildman–Crippen MR) is 62.1 cm³/mol. The summed E-state index contributed by atoms with van der Waals surface area (Å²) in [4.78, 5) is 24.7. The van der Waals surface area contributed by atoms with Crippen LogP contribution in [0.2, 0.25) is 0 Å². The van der Waals surface area contributed by atoms with Crippen molar-refractivity contribution < 1.29 is 14.7 Å². The molecule has 1 aliphatic heterocycles. The topological polar surface area (TPSA) is 57.6 Å². The molecular formula is C13H15NO3. The van der Waals surface area contributed by atoms with Crippen molar-refractivity contribution in [3.63, 3.8) is 0 Å². The van der Waals surface area contributed by atoms with Crippen LogP contribution < -0.4 is 0 Å². The summed E-state index contributed by atoms with van der Waals surface area (Å²) in [5, 5.41) is 9.62. The number of para-hydroxylation sites is 1. The highest BCUT2D eigenvalue weighted by Gasteiger charge is 2.30. The van der Waals surface area contributed by atoms with Gasteiger partial charge in [-0.1, -0.05) is 25.1 Å². The molecule has 0 aromatic heterocycles. The Kier molecular flexibility index (Phi) is 3.13. The predicted octanol–water partition coefficient (Wildman–Crippen LogP) is 1.68. The van der Waals surface area contributed by atoms with E-state index in [1.165, 1.54) is 4.90 Å². The maximum Gasteiger partial charge on any atom is 0.229 e. The number of carbonyl (C=O) groups is 2. The molecule has 17 heavy (non-hydrogen) atoms. The van der Waals surface area contributed by atoms with Crippen LogP contribution in [0.3, 0.4) is 0 Å². The first kappa shape index (κ1) is 11.6. The molecule has 1 aromatic carbocycles. The van der Waals surface area contributed by atoms with Crippen LogP contribution >= 0.6 is 0 Å². The van der Waals surface area contributed by atoms with Crippen molar-refractivity contribution in [3.05, 3.63) is 29.8 Å². The Morgan fingerprint density at radius 3 is 2.41 bits per heavy atom. The van der Waals surface area contributed by atoms with Crippen LogP contribution in [0, 0.1) is 5.92 Å². The smallest absolute Gasteiger partial charge is 0.229 e. The molecule has 4 nitrogen and oxygen atoms in total. The largest absolute Gasteiger partial charge is 0.508 e. The van der Waals surface area contributed by atoms with Gasteiger partial charge in [-0.2, -0.15) is 0 Å². The number of benzene rings is 1. The number of phenols is 1. The number of nitrogens with zero attached hydrogens (tertiary/aromatic N) is 1. The van der Waals surface area contributed by atoms with Crippen LogP contribution in [0.5, 0.6) is 5.75 Å². The van der Waals surface area contributed by atoms with Crippen LogP contribution in [0.4, 0.5) is 0 Å². The molecule has 90 valence electrons. The average Bonchev–Trinajstić information content (AvgIpc) is 2.25. The van der Waals surface area contributed by atoms with E-state index >= 15 is 0 Å². The molecule has 0 atom stereocenters. The summed E-state index contributed by atoms with van der Waals surface area (Å²) < 4.78 is 0. The molecule has 0 spiro atoms.